The van der Waals surface area contributed by atoms with Crippen molar-refractivity contribution in [2.24, 2.45) is 4.99 Å². The van der Waals surface area contributed by atoms with Gasteiger partial charge >= 0.3 is 0 Å². The first-order valence-electron chi connectivity index (χ1n) is 8.13. The maximum Gasteiger partial charge on any atom is 0.191 e. The first kappa shape index (κ1) is 16.5. The second kappa shape index (κ2) is 9.18. The predicted molar refractivity (Wildman–Crippen MR) is 89.9 cm³/mol. The molecule has 2 N–H and O–H groups in total. The van der Waals surface area contributed by atoms with Gasteiger partial charge in [0.1, 0.15) is 18.1 Å². The number of hydrogen-bond acceptors (Lipinski definition) is 3. The summed E-state index contributed by atoms with van der Waals surface area (Å²) < 4.78 is 10.9. The highest BCUT2D eigenvalue weighted by Crippen LogP contribution is 2.19. The summed E-state index contributed by atoms with van der Waals surface area (Å²) >= 11 is 0. The highest BCUT2D eigenvalue weighted by molar-refractivity contribution is 5.80. The van der Waals surface area contributed by atoms with E-state index in [1.807, 2.05) is 24.3 Å². The minimum Gasteiger partial charge on any atom is -0.497 e. The van der Waals surface area contributed by atoms with Crippen LogP contribution >= 0.6 is 0 Å². The number of aliphatic imine (C=N–C) groups is 1. The van der Waals surface area contributed by atoms with Crippen LogP contribution in [0.25, 0.3) is 0 Å². The van der Waals surface area contributed by atoms with E-state index in [1.165, 1.54) is 25.7 Å². The lowest BCUT2D eigenvalue weighted by atomic mass is 10.2. The van der Waals surface area contributed by atoms with E-state index in [2.05, 4.69) is 22.5 Å². The highest BCUT2D eigenvalue weighted by Gasteiger charge is 2.15. The fourth-order valence-corrected chi connectivity index (χ4v) is 2.60. The number of rotatable bonds is 7. The summed E-state index contributed by atoms with van der Waals surface area (Å²) in [6.45, 7) is 4.13. The summed E-state index contributed by atoms with van der Waals surface area (Å²) in [7, 11) is 1.65. The van der Waals surface area contributed by atoms with Crippen molar-refractivity contribution in [2.75, 3.05) is 26.8 Å². The number of ether oxygens (including phenoxy) is 2. The zero-order valence-electron chi connectivity index (χ0n) is 13.6. The second-order valence-corrected chi connectivity index (χ2v) is 5.41. The molecule has 1 fully saturated rings. The third-order valence-corrected chi connectivity index (χ3v) is 3.71. The Labute approximate surface area is 133 Å². The number of guanidine groups is 1. The molecular formula is C17H27N3O2. The van der Waals surface area contributed by atoms with E-state index < -0.39 is 0 Å². The van der Waals surface area contributed by atoms with Crippen LogP contribution in [-0.2, 0) is 0 Å². The van der Waals surface area contributed by atoms with Gasteiger partial charge < -0.3 is 20.1 Å². The molecule has 22 heavy (non-hydrogen) atoms. The van der Waals surface area contributed by atoms with E-state index in [-0.39, 0.29) is 0 Å². The van der Waals surface area contributed by atoms with Crippen LogP contribution in [0.15, 0.2) is 29.3 Å². The van der Waals surface area contributed by atoms with Crippen LogP contribution < -0.4 is 20.1 Å². The lowest BCUT2D eigenvalue weighted by molar-refractivity contribution is 0.325. The molecule has 0 atom stereocenters. The normalized spacial score (nSPS) is 15.6. The van der Waals surface area contributed by atoms with Crippen molar-refractivity contribution < 1.29 is 9.47 Å². The average Bonchev–Trinajstić information content (AvgIpc) is 3.05. The molecule has 2 rings (SSSR count). The van der Waals surface area contributed by atoms with E-state index in [4.69, 9.17) is 9.47 Å². The van der Waals surface area contributed by atoms with Crippen LogP contribution in [-0.4, -0.2) is 38.8 Å². The molecule has 1 aromatic carbocycles. The first-order valence-corrected chi connectivity index (χ1v) is 8.13. The highest BCUT2D eigenvalue weighted by atomic mass is 16.5. The second-order valence-electron chi connectivity index (χ2n) is 5.41. The number of nitrogens with one attached hydrogen (secondary N) is 2. The third-order valence-electron chi connectivity index (χ3n) is 3.71. The molecule has 0 spiro atoms. The number of nitrogens with zero attached hydrogens (tertiary/aromatic N) is 1. The summed E-state index contributed by atoms with van der Waals surface area (Å²) in [4.78, 5) is 4.57. The van der Waals surface area contributed by atoms with Crippen LogP contribution in [0.4, 0.5) is 0 Å². The van der Waals surface area contributed by atoms with Crippen molar-refractivity contribution in [3.8, 4) is 11.5 Å². The van der Waals surface area contributed by atoms with Crippen LogP contribution in [0.3, 0.4) is 0 Å². The van der Waals surface area contributed by atoms with Crippen LogP contribution in [0.2, 0.25) is 0 Å². The van der Waals surface area contributed by atoms with Gasteiger partial charge in [-0.15, -0.1) is 0 Å². The Bertz CT molecular complexity index is 471. The van der Waals surface area contributed by atoms with Gasteiger partial charge in [-0.3, -0.25) is 0 Å². The van der Waals surface area contributed by atoms with Crippen molar-refractivity contribution >= 4 is 5.96 Å². The van der Waals surface area contributed by atoms with Gasteiger partial charge in [0.05, 0.1) is 13.7 Å². The minimum absolute atomic E-state index is 0.550. The van der Waals surface area contributed by atoms with Gasteiger partial charge in [0.2, 0.25) is 0 Å². The lowest BCUT2D eigenvalue weighted by Crippen LogP contribution is -2.42. The Hall–Kier alpha value is -1.91. The van der Waals surface area contributed by atoms with E-state index in [0.29, 0.717) is 19.2 Å². The molecule has 0 saturated heterocycles. The third kappa shape index (κ3) is 5.47. The zero-order chi connectivity index (χ0) is 15.6. The van der Waals surface area contributed by atoms with Crippen molar-refractivity contribution in [3.63, 3.8) is 0 Å². The summed E-state index contributed by atoms with van der Waals surface area (Å²) in [6, 6.07) is 8.19. The van der Waals surface area contributed by atoms with Gasteiger partial charge in [0.25, 0.3) is 0 Å². The molecule has 0 unspecified atom stereocenters. The largest absolute Gasteiger partial charge is 0.497 e. The summed E-state index contributed by atoms with van der Waals surface area (Å²) in [5.41, 5.74) is 0. The molecule has 1 saturated carbocycles. The summed E-state index contributed by atoms with van der Waals surface area (Å²) in [5.74, 6) is 2.50. The van der Waals surface area contributed by atoms with Crippen molar-refractivity contribution in [1.29, 1.82) is 0 Å². The van der Waals surface area contributed by atoms with E-state index in [0.717, 1.165) is 24.0 Å². The molecule has 0 radical (unpaired) electrons. The fourth-order valence-electron chi connectivity index (χ4n) is 2.60. The summed E-state index contributed by atoms with van der Waals surface area (Å²) in [6.07, 6.45) is 5.11. The van der Waals surface area contributed by atoms with Gasteiger partial charge in [0, 0.05) is 18.7 Å². The average molecular weight is 305 g/mol. The molecular weight excluding hydrogens is 278 g/mol. The molecule has 0 bridgehead atoms. The Morgan fingerprint density at radius 3 is 2.77 bits per heavy atom. The molecule has 1 aliphatic rings. The van der Waals surface area contributed by atoms with Crippen molar-refractivity contribution in [1.82, 2.24) is 10.6 Å². The standard InChI is InChI=1S/C17H27N3O2/c1-3-18-17(20-14-7-4-5-8-14)19-11-12-22-16-10-6-9-15(13-16)21-2/h6,9-10,13-14H,3-5,7-8,11-12H2,1-2H3,(H2,18,19,20). The number of hydrogen-bond donors (Lipinski definition) is 2. The van der Waals surface area contributed by atoms with E-state index in [9.17, 15) is 0 Å². The molecule has 5 nitrogen and oxygen atoms in total. The maximum absolute atomic E-state index is 5.70. The van der Waals surface area contributed by atoms with Gasteiger partial charge in [-0.05, 0) is 31.9 Å². The molecule has 0 heterocycles. The van der Waals surface area contributed by atoms with Gasteiger partial charge in [-0.2, -0.15) is 0 Å². The van der Waals surface area contributed by atoms with Crippen molar-refractivity contribution in [2.45, 2.75) is 38.6 Å². The number of benzene rings is 1. The smallest absolute Gasteiger partial charge is 0.191 e. The Kier molecular flexibility index (Phi) is 6.87. The molecule has 0 aliphatic heterocycles. The molecule has 0 amide bonds. The maximum atomic E-state index is 5.70. The Balaban J connectivity index is 1.77. The van der Waals surface area contributed by atoms with Crippen LogP contribution in [0, 0.1) is 0 Å². The van der Waals surface area contributed by atoms with Crippen molar-refractivity contribution in [3.05, 3.63) is 24.3 Å². The van der Waals surface area contributed by atoms with Crippen LogP contribution in [0.1, 0.15) is 32.6 Å². The molecule has 0 aromatic heterocycles. The lowest BCUT2D eigenvalue weighted by Gasteiger charge is -2.16. The first-order chi connectivity index (χ1) is 10.8. The van der Waals surface area contributed by atoms with Crippen LogP contribution in [0.5, 0.6) is 11.5 Å². The zero-order valence-corrected chi connectivity index (χ0v) is 13.6. The topological polar surface area (TPSA) is 54.9 Å². The summed E-state index contributed by atoms with van der Waals surface area (Å²) in [5, 5.41) is 6.79. The van der Waals surface area contributed by atoms with E-state index >= 15 is 0 Å². The molecule has 122 valence electrons. The Morgan fingerprint density at radius 1 is 1.27 bits per heavy atom. The van der Waals surface area contributed by atoms with E-state index in [1.54, 1.807) is 7.11 Å². The quantitative estimate of drug-likeness (QED) is 0.462. The SMILES string of the molecule is CCNC(=NCCOc1cccc(OC)c1)NC1CCCC1. The molecule has 5 heteroatoms. The fraction of sp³-hybridized carbons (Fsp3) is 0.588. The van der Waals surface area contributed by atoms with Gasteiger partial charge in [-0.25, -0.2) is 4.99 Å². The molecule has 1 aliphatic carbocycles. The minimum atomic E-state index is 0.550. The Morgan fingerprint density at radius 2 is 2.05 bits per heavy atom. The predicted octanol–water partition coefficient (Wildman–Crippen LogP) is 2.57. The monoisotopic (exact) mass is 305 g/mol. The van der Waals surface area contributed by atoms with Gasteiger partial charge in [0.15, 0.2) is 5.96 Å². The number of methoxy groups -OCH3 is 1. The van der Waals surface area contributed by atoms with Gasteiger partial charge in [-0.1, -0.05) is 18.9 Å². The molecule has 1 aromatic rings.